The first-order valence-corrected chi connectivity index (χ1v) is 11.9. The Morgan fingerprint density at radius 2 is 1.81 bits per heavy atom. The van der Waals surface area contributed by atoms with Crippen LogP contribution < -0.4 is 4.74 Å². The average Bonchev–Trinajstić information content (AvgIpc) is 3.50. The third-order valence-corrected chi connectivity index (χ3v) is 7.22. The van der Waals surface area contributed by atoms with Crippen LogP contribution in [0.2, 0.25) is 0 Å². The van der Waals surface area contributed by atoms with Gasteiger partial charge in [-0.1, -0.05) is 47.6 Å². The van der Waals surface area contributed by atoms with E-state index in [9.17, 15) is 4.79 Å². The van der Waals surface area contributed by atoms with Crippen LogP contribution in [0.1, 0.15) is 24.0 Å². The summed E-state index contributed by atoms with van der Waals surface area (Å²) in [6, 6.07) is 18.8. The Kier molecular flexibility index (Phi) is 5.53. The first-order chi connectivity index (χ1) is 17.5. The van der Waals surface area contributed by atoms with Gasteiger partial charge in [0, 0.05) is 30.3 Å². The van der Waals surface area contributed by atoms with Crippen LogP contribution in [0, 0.1) is 11.7 Å². The lowest BCUT2D eigenvalue weighted by atomic mass is 9.79. The molecule has 8 heteroatoms. The van der Waals surface area contributed by atoms with Gasteiger partial charge in [-0.2, -0.15) is 4.98 Å². The van der Waals surface area contributed by atoms with Gasteiger partial charge in [0.15, 0.2) is 0 Å². The van der Waals surface area contributed by atoms with Crippen LogP contribution in [-0.4, -0.2) is 39.3 Å². The van der Waals surface area contributed by atoms with Crippen molar-refractivity contribution >= 4 is 5.97 Å². The monoisotopic (exact) mass is 485 g/mol. The average molecular weight is 486 g/mol. The number of rotatable bonds is 6. The van der Waals surface area contributed by atoms with Gasteiger partial charge >= 0.3 is 5.97 Å². The van der Waals surface area contributed by atoms with Gasteiger partial charge < -0.3 is 14.4 Å². The van der Waals surface area contributed by atoms with E-state index in [0.29, 0.717) is 36.0 Å². The van der Waals surface area contributed by atoms with Crippen molar-refractivity contribution < 1.29 is 23.6 Å². The second kappa shape index (κ2) is 8.87. The largest absolute Gasteiger partial charge is 0.496 e. The number of carboxylic acid groups (broad SMARTS) is 1. The molecule has 0 spiro atoms. The molecule has 0 bridgehead atoms. The fourth-order valence-corrected chi connectivity index (χ4v) is 5.09. The van der Waals surface area contributed by atoms with Crippen molar-refractivity contribution in [1.29, 1.82) is 0 Å². The summed E-state index contributed by atoms with van der Waals surface area (Å²) in [6.45, 7) is 1.57. The van der Waals surface area contributed by atoms with Crippen molar-refractivity contribution in [3.05, 3.63) is 77.6 Å². The van der Waals surface area contributed by atoms with E-state index in [1.165, 1.54) is 11.6 Å². The van der Waals surface area contributed by atoms with E-state index < -0.39 is 11.8 Å². The lowest BCUT2D eigenvalue weighted by Gasteiger charge is -2.39. The maximum atomic E-state index is 15.1. The van der Waals surface area contributed by atoms with E-state index >= 15 is 4.39 Å². The summed E-state index contributed by atoms with van der Waals surface area (Å²) >= 11 is 0. The Morgan fingerprint density at radius 1 is 1.03 bits per heavy atom. The molecule has 1 fully saturated rings. The van der Waals surface area contributed by atoms with Crippen LogP contribution in [0.15, 0.2) is 65.2 Å². The summed E-state index contributed by atoms with van der Waals surface area (Å²) in [7, 11) is 1.54. The Bertz CT molecular complexity index is 1450. The highest BCUT2D eigenvalue weighted by molar-refractivity contribution is 5.75. The van der Waals surface area contributed by atoms with E-state index in [1.54, 1.807) is 13.2 Å². The third-order valence-electron chi connectivity index (χ3n) is 7.22. The molecular weight excluding hydrogens is 461 g/mol. The van der Waals surface area contributed by atoms with Crippen molar-refractivity contribution in [2.24, 2.45) is 5.92 Å². The van der Waals surface area contributed by atoms with Crippen LogP contribution >= 0.6 is 0 Å². The SMILES string of the molecule is COc1cc(-c2nc(-c3ccc4c(c3)CN(C3CC(C(=O)O)C3)C4)no2)c(F)cc1-c1ccccc1. The first-order valence-electron chi connectivity index (χ1n) is 11.9. The molecule has 36 heavy (non-hydrogen) atoms. The van der Waals surface area contributed by atoms with E-state index in [-0.39, 0.29) is 17.4 Å². The van der Waals surface area contributed by atoms with Gasteiger partial charge in [-0.05, 0) is 47.7 Å². The number of methoxy groups -OCH3 is 1. The molecule has 0 saturated heterocycles. The smallest absolute Gasteiger partial charge is 0.306 e. The highest BCUT2D eigenvalue weighted by Gasteiger charge is 2.39. The molecule has 3 aromatic carbocycles. The zero-order valence-electron chi connectivity index (χ0n) is 19.6. The topological polar surface area (TPSA) is 88.7 Å². The molecule has 7 nitrogen and oxygen atoms in total. The summed E-state index contributed by atoms with van der Waals surface area (Å²) in [4.78, 5) is 17.9. The van der Waals surface area contributed by atoms with Gasteiger partial charge in [0.1, 0.15) is 11.6 Å². The lowest BCUT2D eigenvalue weighted by Crippen LogP contribution is -2.44. The van der Waals surface area contributed by atoms with E-state index in [0.717, 1.165) is 29.8 Å². The number of hydrogen-bond donors (Lipinski definition) is 1. The number of ether oxygens (including phenoxy) is 1. The highest BCUT2D eigenvalue weighted by atomic mass is 19.1. The van der Waals surface area contributed by atoms with Crippen LogP contribution in [0.3, 0.4) is 0 Å². The normalized spacial score (nSPS) is 19.1. The Hall–Kier alpha value is -4.04. The van der Waals surface area contributed by atoms with Crippen molar-refractivity contribution in [2.75, 3.05) is 7.11 Å². The summed E-state index contributed by atoms with van der Waals surface area (Å²) in [5.74, 6) is -0.441. The maximum absolute atomic E-state index is 15.1. The highest BCUT2D eigenvalue weighted by Crippen LogP contribution is 2.39. The van der Waals surface area contributed by atoms with Gasteiger partial charge in [0.05, 0.1) is 18.6 Å². The molecular formula is C28H24FN3O4. The molecule has 0 amide bonds. The summed E-state index contributed by atoms with van der Waals surface area (Å²) < 4.78 is 26.1. The molecule has 4 aromatic rings. The molecule has 0 radical (unpaired) electrons. The van der Waals surface area contributed by atoms with E-state index in [4.69, 9.17) is 14.4 Å². The van der Waals surface area contributed by atoms with Crippen LogP contribution in [0.25, 0.3) is 34.0 Å². The van der Waals surface area contributed by atoms with Gasteiger partial charge in [0.2, 0.25) is 5.82 Å². The van der Waals surface area contributed by atoms with Gasteiger partial charge in [-0.25, -0.2) is 4.39 Å². The van der Waals surface area contributed by atoms with E-state index in [1.807, 2.05) is 48.5 Å². The van der Waals surface area contributed by atoms with Crippen molar-refractivity contribution in [1.82, 2.24) is 15.0 Å². The molecule has 182 valence electrons. The van der Waals surface area contributed by atoms with Crippen molar-refractivity contribution in [2.45, 2.75) is 32.0 Å². The van der Waals surface area contributed by atoms with E-state index in [2.05, 4.69) is 15.0 Å². The number of halogens is 1. The van der Waals surface area contributed by atoms with Gasteiger partial charge in [0.25, 0.3) is 5.89 Å². The number of aliphatic carboxylic acids is 1. The molecule has 1 N–H and O–H groups in total. The maximum Gasteiger partial charge on any atom is 0.306 e. The molecule has 2 aliphatic rings. The van der Waals surface area contributed by atoms with Gasteiger partial charge in [-0.3, -0.25) is 9.69 Å². The van der Waals surface area contributed by atoms with Crippen LogP contribution in [-0.2, 0) is 17.9 Å². The number of carboxylic acids is 1. The molecule has 1 saturated carbocycles. The lowest BCUT2D eigenvalue weighted by molar-refractivity contribution is -0.147. The summed E-state index contributed by atoms with van der Waals surface area (Å²) in [5, 5.41) is 13.3. The summed E-state index contributed by atoms with van der Waals surface area (Å²) in [5.41, 5.74) is 4.83. The quantitative estimate of drug-likeness (QED) is 0.391. The minimum Gasteiger partial charge on any atom is -0.496 e. The minimum atomic E-state index is -0.707. The number of nitrogens with zero attached hydrogens (tertiary/aromatic N) is 3. The predicted molar refractivity (Wildman–Crippen MR) is 131 cm³/mol. The molecule has 1 aromatic heterocycles. The number of carbonyl (C=O) groups is 1. The third kappa shape index (κ3) is 3.93. The molecule has 6 rings (SSSR count). The zero-order valence-corrected chi connectivity index (χ0v) is 19.6. The van der Waals surface area contributed by atoms with Gasteiger partial charge in [-0.15, -0.1) is 0 Å². The number of benzene rings is 3. The number of aromatic nitrogens is 2. The fraction of sp³-hybridized carbons (Fsp3) is 0.250. The van der Waals surface area contributed by atoms with Crippen molar-refractivity contribution in [3.8, 4) is 39.7 Å². The fourth-order valence-electron chi connectivity index (χ4n) is 5.09. The van der Waals surface area contributed by atoms with Crippen LogP contribution in [0.4, 0.5) is 4.39 Å². The molecule has 1 aliphatic heterocycles. The first kappa shape index (κ1) is 22.4. The Balaban J connectivity index is 1.24. The standard InChI is InChI=1S/C28H24FN3O4/c1-35-25-13-23(24(29)12-22(25)16-5-3-2-4-6-16)27-30-26(31-36-27)17-7-8-18-14-32(15-20(18)9-17)21-10-19(11-21)28(33)34/h2-9,12-13,19,21H,10-11,14-15H2,1H3,(H,33,34). The minimum absolute atomic E-state index is 0.0803. The number of hydrogen-bond acceptors (Lipinski definition) is 6. The second-order valence-corrected chi connectivity index (χ2v) is 9.37. The predicted octanol–water partition coefficient (Wildman–Crippen LogP) is 5.40. The Labute approximate surface area is 207 Å². The summed E-state index contributed by atoms with van der Waals surface area (Å²) in [6.07, 6.45) is 1.39. The second-order valence-electron chi connectivity index (χ2n) is 9.37. The molecule has 2 heterocycles. The number of fused-ring (bicyclic) bond motifs is 1. The van der Waals surface area contributed by atoms with Crippen LogP contribution in [0.5, 0.6) is 5.75 Å². The zero-order chi connectivity index (χ0) is 24.8. The molecule has 0 atom stereocenters. The molecule has 1 aliphatic carbocycles. The molecule has 0 unspecified atom stereocenters. The Morgan fingerprint density at radius 3 is 2.56 bits per heavy atom. The van der Waals surface area contributed by atoms with Crippen molar-refractivity contribution in [3.63, 3.8) is 0 Å².